The Morgan fingerprint density at radius 3 is 2.24 bits per heavy atom. The molecule has 196 valence electrons. The Bertz CT molecular complexity index is 1500. The van der Waals surface area contributed by atoms with Gasteiger partial charge in [0.15, 0.2) is 11.1 Å². The number of benzene rings is 2. The van der Waals surface area contributed by atoms with Crippen LogP contribution < -0.4 is 10.7 Å². The lowest BCUT2D eigenvalue weighted by molar-refractivity contribution is -0.136. The van der Waals surface area contributed by atoms with E-state index in [-0.39, 0.29) is 35.9 Å². The van der Waals surface area contributed by atoms with Gasteiger partial charge in [-0.25, -0.2) is 4.98 Å². The molecule has 38 heavy (non-hydrogen) atoms. The molecule has 3 heterocycles. The van der Waals surface area contributed by atoms with Gasteiger partial charge in [0, 0.05) is 42.6 Å². The third-order valence-corrected chi connectivity index (χ3v) is 6.69. The highest BCUT2D eigenvalue weighted by Gasteiger charge is 2.35. The second-order valence-corrected chi connectivity index (χ2v) is 9.35. The molecule has 4 aromatic rings. The fourth-order valence-corrected chi connectivity index (χ4v) is 4.85. The Morgan fingerprint density at radius 2 is 1.58 bits per heavy atom. The summed E-state index contributed by atoms with van der Waals surface area (Å²) in [6, 6.07) is 19.9. The fourth-order valence-electron chi connectivity index (χ4n) is 4.85. The molecule has 0 radical (unpaired) electrons. The maximum Gasteiger partial charge on any atom is 0.417 e. The molecule has 0 aliphatic carbocycles. The van der Waals surface area contributed by atoms with Crippen molar-refractivity contribution in [3.63, 3.8) is 0 Å². The molecule has 5 rings (SSSR count). The summed E-state index contributed by atoms with van der Waals surface area (Å²) in [4.78, 5) is 32.2. The zero-order valence-corrected chi connectivity index (χ0v) is 20.7. The first-order valence-electron chi connectivity index (χ1n) is 12.6. The number of halogens is 3. The normalized spacial score (nSPS) is 14.0. The number of nitrogens with one attached hydrogen (secondary N) is 1. The Labute approximate surface area is 217 Å². The van der Waals surface area contributed by atoms with Crippen molar-refractivity contribution in [2.45, 2.75) is 38.3 Å². The van der Waals surface area contributed by atoms with Crippen molar-refractivity contribution in [1.82, 2.24) is 14.5 Å². The molecule has 1 N–H and O–H groups in total. The molecular weight excluding hydrogens is 493 g/mol. The smallest absolute Gasteiger partial charge is 0.343 e. The first-order chi connectivity index (χ1) is 18.3. The summed E-state index contributed by atoms with van der Waals surface area (Å²) in [5, 5.41) is 2.65. The number of nitrogens with zero attached hydrogens (tertiary/aromatic N) is 3. The number of carbonyl (C=O) groups excluding carboxylic acids is 1. The SMILES string of the molecule is O=C(CCc1cc(C(F)(F)F)c2c(=O)cc(Nc3ccccc3)n(-c3ccccc3)c2n1)N1CCCCC1. The fraction of sp³-hybridized carbons (Fsp3) is 0.276. The zero-order chi connectivity index (χ0) is 26.7. The minimum Gasteiger partial charge on any atom is -0.343 e. The number of aryl methyl sites for hydroxylation is 1. The molecule has 1 aliphatic rings. The van der Waals surface area contributed by atoms with E-state index in [1.807, 2.05) is 18.2 Å². The number of hydrogen-bond acceptors (Lipinski definition) is 4. The number of pyridine rings is 2. The zero-order valence-electron chi connectivity index (χ0n) is 20.7. The summed E-state index contributed by atoms with van der Waals surface area (Å²) in [6.45, 7) is 1.33. The van der Waals surface area contributed by atoms with Gasteiger partial charge in [0.05, 0.1) is 10.9 Å². The maximum absolute atomic E-state index is 14.3. The van der Waals surface area contributed by atoms with Gasteiger partial charge in [0.25, 0.3) is 0 Å². The van der Waals surface area contributed by atoms with E-state index in [0.717, 1.165) is 25.3 Å². The number of para-hydroxylation sites is 2. The predicted molar refractivity (Wildman–Crippen MR) is 141 cm³/mol. The number of piperidine rings is 1. The minimum atomic E-state index is -4.78. The monoisotopic (exact) mass is 520 g/mol. The average molecular weight is 521 g/mol. The summed E-state index contributed by atoms with van der Waals surface area (Å²) in [5.74, 6) is 0.183. The van der Waals surface area contributed by atoms with Crippen molar-refractivity contribution in [3.05, 3.63) is 94.3 Å². The number of carbonyl (C=O) groups is 1. The average Bonchev–Trinajstić information content (AvgIpc) is 2.92. The minimum absolute atomic E-state index is 0.0354. The molecular formula is C29H27F3N4O2. The quantitative estimate of drug-likeness (QED) is 0.334. The molecule has 1 saturated heterocycles. The number of aromatic nitrogens is 2. The van der Waals surface area contributed by atoms with Crippen molar-refractivity contribution >= 4 is 28.4 Å². The number of alkyl halides is 3. The van der Waals surface area contributed by atoms with E-state index >= 15 is 0 Å². The van der Waals surface area contributed by atoms with Crippen molar-refractivity contribution in [2.24, 2.45) is 0 Å². The van der Waals surface area contributed by atoms with E-state index in [2.05, 4.69) is 10.3 Å². The largest absolute Gasteiger partial charge is 0.417 e. The summed E-state index contributed by atoms with van der Waals surface area (Å²) in [7, 11) is 0. The van der Waals surface area contributed by atoms with Gasteiger partial charge in [-0.1, -0.05) is 36.4 Å². The predicted octanol–water partition coefficient (Wildman–Crippen LogP) is 6.09. The Balaban J connectivity index is 1.66. The van der Waals surface area contributed by atoms with E-state index in [9.17, 15) is 22.8 Å². The van der Waals surface area contributed by atoms with Crippen LogP contribution in [0.1, 0.15) is 36.9 Å². The van der Waals surface area contributed by atoms with E-state index in [1.165, 1.54) is 10.6 Å². The van der Waals surface area contributed by atoms with Gasteiger partial charge >= 0.3 is 6.18 Å². The lowest BCUT2D eigenvalue weighted by atomic mass is 10.1. The van der Waals surface area contributed by atoms with Gasteiger partial charge in [-0.05, 0) is 56.0 Å². The molecule has 0 spiro atoms. The second-order valence-electron chi connectivity index (χ2n) is 9.35. The lowest BCUT2D eigenvalue weighted by Gasteiger charge is -2.26. The van der Waals surface area contributed by atoms with Crippen LogP contribution in [0.5, 0.6) is 0 Å². The first kappa shape index (κ1) is 25.5. The molecule has 0 bridgehead atoms. The van der Waals surface area contributed by atoms with Gasteiger partial charge in [-0.3, -0.25) is 14.2 Å². The van der Waals surface area contributed by atoms with E-state index < -0.39 is 22.6 Å². The van der Waals surface area contributed by atoms with E-state index in [4.69, 9.17) is 0 Å². The van der Waals surface area contributed by atoms with Crippen LogP contribution in [0.2, 0.25) is 0 Å². The molecule has 0 atom stereocenters. The maximum atomic E-state index is 14.3. The molecule has 2 aromatic heterocycles. The number of hydrogen-bond donors (Lipinski definition) is 1. The van der Waals surface area contributed by atoms with Crippen LogP contribution in [0.25, 0.3) is 16.7 Å². The van der Waals surface area contributed by atoms with Crippen LogP contribution in [0.3, 0.4) is 0 Å². The molecule has 0 saturated carbocycles. The number of amides is 1. The van der Waals surface area contributed by atoms with Crippen LogP contribution in [0.15, 0.2) is 77.6 Å². The first-order valence-corrected chi connectivity index (χ1v) is 12.6. The lowest BCUT2D eigenvalue weighted by Crippen LogP contribution is -2.35. The Hall–Kier alpha value is -4.14. The molecule has 2 aromatic carbocycles. The van der Waals surface area contributed by atoms with Gasteiger partial charge in [0.1, 0.15) is 5.82 Å². The highest BCUT2D eigenvalue weighted by atomic mass is 19.4. The van der Waals surface area contributed by atoms with Crippen LogP contribution in [-0.4, -0.2) is 33.4 Å². The molecule has 6 nitrogen and oxygen atoms in total. The Morgan fingerprint density at radius 1 is 0.921 bits per heavy atom. The van der Waals surface area contributed by atoms with Crippen LogP contribution in [0.4, 0.5) is 24.7 Å². The third kappa shape index (κ3) is 5.41. The molecule has 0 unspecified atom stereocenters. The summed E-state index contributed by atoms with van der Waals surface area (Å²) < 4.78 is 44.4. The summed E-state index contributed by atoms with van der Waals surface area (Å²) in [5.41, 5.74) is -0.646. The van der Waals surface area contributed by atoms with Gasteiger partial charge < -0.3 is 10.2 Å². The van der Waals surface area contributed by atoms with Crippen molar-refractivity contribution in [3.8, 4) is 5.69 Å². The van der Waals surface area contributed by atoms with Gasteiger partial charge in [0.2, 0.25) is 5.91 Å². The van der Waals surface area contributed by atoms with Crippen molar-refractivity contribution in [1.29, 1.82) is 0 Å². The Kier molecular flexibility index (Phi) is 7.18. The van der Waals surface area contributed by atoms with Gasteiger partial charge in [-0.15, -0.1) is 0 Å². The highest BCUT2D eigenvalue weighted by Crippen LogP contribution is 2.35. The van der Waals surface area contributed by atoms with Crippen LogP contribution in [-0.2, 0) is 17.4 Å². The van der Waals surface area contributed by atoms with Crippen molar-refractivity contribution in [2.75, 3.05) is 18.4 Å². The van der Waals surface area contributed by atoms with Gasteiger partial charge in [-0.2, -0.15) is 13.2 Å². The number of rotatable bonds is 6. The number of likely N-dealkylation sites (tertiary alicyclic amines) is 1. The number of fused-ring (bicyclic) bond motifs is 1. The number of anilines is 2. The summed E-state index contributed by atoms with van der Waals surface area (Å²) >= 11 is 0. The third-order valence-electron chi connectivity index (χ3n) is 6.69. The standard InChI is InChI=1S/C29H27F3N4O2/c30-29(31,32)23-18-21(14-15-26(38)35-16-8-3-9-17-35)34-28-27(23)24(37)19-25(33-20-10-4-1-5-11-20)36(28)22-12-6-2-7-13-22/h1-2,4-7,10-13,18-19,33H,3,8-9,14-17H2. The van der Waals surface area contributed by atoms with Crippen LogP contribution in [0, 0.1) is 0 Å². The van der Waals surface area contributed by atoms with Crippen LogP contribution >= 0.6 is 0 Å². The van der Waals surface area contributed by atoms with E-state index in [0.29, 0.717) is 24.5 Å². The molecule has 1 fully saturated rings. The highest BCUT2D eigenvalue weighted by molar-refractivity contribution is 5.85. The van der Waals surface area contributed by atoms with E-state index in [1.54, 1.807) is 47.4 Å². The second kappa shape index (κ2) is 10.7. The molecule has 9 heteroatoms. The molecule has 1 amide bonds. The summed E-state index contributed by atoms with van der Waals surface area (Å²) in [6.07, 6.45) is -1.77. The molecule has 1 aliphatic heterocycles. The topological polar surface area (TPSA) is 67.2 Å². The van der Waals surface area contributed by atoms with Crippen molar-refractivity contribution < 1.29 is 18.0 Å².